The van der Waals surface area contributed by atoms with Crippen molar-refractivity contribution < 1.29 is 27.1 Å². The fourth-order valence-corrected chi connectivity index (χ4v) is 4.34. The first-order chi connectivity index (χ1) is 14.3. The summed E-state index contributed by atoms with van der Waals surface area (Å²) in [6.45, 7) is 0.560. The number of carbonyl (C=O) groups is 1. The quantitative estimate of drug-likeness (QED) is 0.547. The van der Waals surface area contributed by atoms with Crippen LogP contribution in [0.15, 0.2) is 50.9 Å². The van der Waals surface area contributed by atoms with Crippen LogP contribution in [0.4, 0.5) is 0 Å². The molecule has 0 saturated carbocycles. The number of nitrogens with one attached hydrogen (secondary N) is 1. The Balaban J connectivity index is 1.35. The van der Waals surface area contributed by atoms with Crippen LogP contribution >= 0.6 is 11.8 Å². The molecule has 0 spiro atoms. The van der Waals surface area contributed by atoms with E-state index in [0.717, 1.165) is 21.6 Å². The smallest absolute Gasteiger partial charge is 0.257 e. The minimum Gasteiger partial charge on any atom is -0.454 e. The van der Waals surface area contributed by atoms with E-state index >= 15 is 0 Å². The monoisotopic (exact) mass is 449 g/mol. The molecule has 4 rings (SSSR count). The lowest BCUT2D eigenvalue weighted by molar-refractivity contribution is -0.118. The number of benzene rings is 2. The summed E-state index contributed by atoms with van der Waals surface area (Å²) < 4.78 is 41.8. The number of amides is 1. The predicted octanol–water partition coefficient (Wildman–Crippen LogP) is 2.22. The zero-order valence-electron chi connectivity index (χ0n) is 16.2. The molecular weight excluding hydrogens is 430 g/mol. The minimum atomic E-state index is -3.56. The van der Waals surface area contributed by atoms with E-state index in [1.54, 1.807) is 6.07 Å². The van der Waals surface area contributed by atoms with Gasteiger partial charge in [0.25, 0.3) is 5.22 Å². The van der Waals surface area contributed by atoms with Crippen molar-refractivity contribution in [3.8, 4) is 11.5 Å². The summed E-state index contributed by atoms with van der Waals surface area (Å²) in [5.41, 5.74) is 1.77. The summed E-state index contributed by atoms with van der Waals surface area (Å²) in [6, 6.07) is 9.98. The van der Waals surface area contributed by atoms with Crippen LogP contribution in [0, 0.1) is 0 Å². The molecule has 1 aromatic heterocycles. The third-order valence-electron chi connectivity index (χ3n) is 4.37. The second kappa shape index (κ2) is 8.17. The zero-order valence-corrected chi connectivity index (χ0v) is 17.9. The molecule has 0 fully saturated rings. The Morgan fingerprint density at radius 3 is 2.77 bits per heavy atom. The highest BCUT2D eigenvalue weighted by molar-refractivity contribution is 7.99. The molecular formula is C19H19N3O6S2. The van der Waals surface area contributed by atoms with E-state index in [1.807, 2.05) is 18.2 Å². The van der Waals surface area contributed by atoms with Crippen molar-refractivity contribution in [2.75, 3.05) is 26.6 Å². The van der Waals surface area contributed by atoms with Crippen LogP contribution in [-0.2, 0) is 21.4 Å². The highest BCUT2D eigenvalue weighted by atomic mass is 32.2. The lowest BCUT2D eigenvalue weighted by atomic mass is 10.2. The van der Waals surface area contributed by atoms with E-state index in [4.69, 9.17) is 13.9 Å². The number of ether oxygens (including phenoxy) is 2. The van der Waals surface area contributed by atoms with Crippen LogP contribution in [0.1, 0.15) is 5.56 Å². The van der Waals surface area contributed by atoms with Crippen LogP contribution in [0.3, 0.4) is 0 Å². The third-order valence-corrected chi connectivity index (χ3v) is 7.01. The number of aromatic nitrogens is 1. The van der Waals surface area contributed by atoms with E-state index in [0.29, 0.717) is 34.4 Å². The minimum absolute atomic E-state index is 0.111. The van der Waals surface area contributed by atoms with Crippen molar-refractivity contribution >= 4 is 38.8 Å². The number of rotatable bonds is 7. The van der Waals surface area contributed by atoms with Crippen LogP contribution < -0.4 is 14.8 Å². The fourth-order valence-electron chi connectivity index (χ4n) is 2.75. The maximum atomic E-state index is 12.2. The van der Waals surface area contributed by atoms with Crippen molar-refractivity contribution in [2.24, 2.45) is 0 Å². The Labute approximate surface area is 177 Å². The maximum Gasteiger partial charge on any atom is 0.257 e. The molecule has 0 unspecified atom stereocenters. The van der Waals surface area contributed by atoms with Gasteiger partial charge >= 0.3 is 0 Å². The van der Waals surface area contributed by atoms with Crippen LogP contribution in [-0.4, -0.2) is 50.3 Å². The molecule has 2 aromatic carbocycles. The Bertz CT molecular complexity index is 1210. The Morgan fingerprint density at radius 1 is 1.17 bits per heavy atom. The Kier molecular flexibility index (Phi) is 5.58. The van der Waals surface area contributed by atoms with Gasteiger partial charge in [-0.1, -0.05) is 17.8 Å². The molecule has 0 bridgehead atoms. The lowest BCUT2D eigenvalue weighted by Gasteiger charge is -2.10. The molecule has 158 valence electrons. The van der Waals surface area contributed by atoms with Crippen LogP contribution in [0.2, 0.25) is 0 Å². The summed E-state index contributed by atoms with van der Waals surface area (Å²) in [4.78, 5) is 16.6. The zero-order chi connectivity index (χ0) is 21.3. The predicted molar refractivity (Wildman–Crippen MR) is 110 cm³/mol. The second-order valence-corrected chi connectivity index (χ2v) is 9.73. The van der Waals surface area contributed by atoms with Gasteiger partial charge in [-0.25, -0.2) is 17.7 Å². The summed E-state index contributed by atoms with van der Waals surface area (Å²) >= 11 is 1.13. The van der Waals surface area contributed by atoms with Gasteiger partial charge in [0, 0.05) is 20.6 Å². The van der Waals surface area contributed by atoms with E-state index in [2.05, 4.69) is 10.3 Å². The number of carbonyl (C=O) groups excluding carboxylic acids is 1. The average molecular weight is 450 g/mol. The Morgan fingerprint density at radius 2 is 1.97 bits per heavy atom. The molecule has 1 amide bonds. The molecule has 1 aliphatic rings. The number of fused-ring (bicyclic) bond motifs is 2. The highest BCUT2D eigenvalue weighted by Crippen LogP contribution is 2.32. The molecule has 2 heterocycles. The topological polar surface area (TPSA) is 111 Å². The summed E-state index contributed by atoms with van der Waals surface area (Å²) in [5.74, 6) is 1.28. The maximum absolute atomic E-state index is 12.2. The molecule has 0 aliphatic carbocycles. The Hall–Kier alpha value is -2.76. The molecule has 1 aliphatic heterocycles. The van der Waals surface area contributed by atoms with Crippen LogP contribution in [0.25, 0.3) is 11.1 Å². The van der Waals surface area contributed by atoms with Gasteiger partial charge in [-0.2, -0.15) is 0 Å². The molecule has 3 aromatic rings. The van der Waals surface area contributed by atoms with Crippen molar-refractivity contribution in [3.63, 3.8) is 0 Å². The molecule has 0 atom stereocenters. The first kappa shape index (κ1) is 20.5. The first-order valence-electron chi connectivity index (χ1n) is 8.94. The number of sulfonamides is 1. The van der Waals surface area contributed by atoms with E-state index in [-0.39, 0.29) is 23.3 Å². The average Bonchev–Trinajstić information content (AvgIpc) is 3.35. The number of nitrogens with zero attached hydrogens (tertiary/aromatic N) is 2. The van der Waals surface area contributed by atoms with Gasteiger partial charge < -0.3 is 19.2 Å². The molecule has 11 heteroatoms. The van der Waals surface area contributed by atoms with Gasteiger partial charge in [-0.05, 0) is 35.9 Å². The van der Waals surface area contributed by atoms with Crippen molar-refractivity contribution in [1.82, 2.24) is 14.6 Å². The van der Waals surface area contributed by atoms with Crippen LogP contribution in [0.5, 0.6) is 11.5 Å². The van der Waals surface area contributed by atoms with Gasteiger partial charge in [0.1, 0.15) is 5.52 Å². The fraction of sp³-hybridized carbons (Fsp3) is 0.263. The molecule has 30 heavy (non-hydrogen) atoms. The SMILES string of the molecule is CN(C)S(=O)(=O)c1ccc2oc(SCC(=O)NCc3ccc4c(c3)OCO4)nc2c1. The number of hydrogen-bond acceptors (Lipinski definition) is 8. The van der Waals surface area contributed by atoms with E-state index in [1.165, 1.54) is 26.2 Å². The summed E-state index contributed by atoms with van der Waals surface area (Å²) in [6.07, 6.45) is 0. The van der Waals surface area contributed by atoms with Gasteiger partial charge in [0.2, 0.25) is 22.7 Å². The normalized spacial score (nSPS) is 13.2. The summed E-state index contributed by atoms with van der Waals surface area (Å²) in [5, 5.41) is 3.12. The lowest BCUT2D eigenvalue weighted by Crippen LogP contribution is -2.24. The van der Waals surface area contributed by atoms with Crippen molar-refractivity contribution in [1.29, 1.82) is 0 Å². The first-order valence-corrected chi connectivity index (χ1v) is 11.4. The summed E-state index contributed by atoms with van der Waals surface area (Å²) in [7, 11) is -0.630. The third kappa shape index (κ3) is 4.23. The van der Waals surface area contributed by atoms with Gasteiger partial charge in [-0.15, -0.1) is 0 Å². The largest absolute Gasteiger partial charge is 0.454 e. The van der Waals surface area contributed by atoms with Crippen molar-refractivity contribution in [2.45, 2.75) is 16.7 Å². The van der Waals surface area contributed by atoms with Gasteiger partial charge in [0.15, 0.2) is 17.1 Å². The van der Waals surface area contributed by atoms with Gasteiger partial charge in [0.05, 0.1) is 10.6 Å². The number of thioether (sulfide) groups is 1. The molecule has 9 nitrogen and oxygen atoms in total. The second-order valence-electron chi connectivity index (χ2n) is 6.65. The van der Waals surface area contributed by atoms with E-state index in [9.17, 15) is 13.2 Å². The van der Waals surface area contributed by atoms with Crippen molar-refractivity contribution in [3.05, 3.63) is 42.0 Å². The molecule has 0 saturated heterocycles. The molecule has 0 radical (unpaired) electrons. The van der Waals surface area contributed by atoms with Gasteiger partial charge in [-0.3, -0.25) is 4.79 Å². The number of hydrogen-bond donors (Lipinski definition) is 1. The standard InChI is InChI=1S/C19H19N3O6S2/c1-22(2)30(24,25)13-4-6-15-14(8-13)21-19(28-15)29-10-18(23)20-9-12-3-5-16-17(7-12)27-11-26-16/h3-8H,9-11H2,1-2H3,(H,20,23). The highest BCUT2D eigenvalue weighted by Gasteiger charge is 2.19. The number of oxazole rings is 1. The van der Waals surface area contributed by atoms with E-state index < -0.39 is 10.0 Å². The molecule has 1 N–H and O–H groups in total.